The van der Waals surface area contributed by atoms with Crippen LogP contribution in [0.25, 0.3) is 0 Å². The van der Waals surface area contributed by atoms with E-state index in [1.54, 1.807) is 7.11 Å². The van der Waals surface area contributed by atoms with E-state index in [2.05, 4.69) is 22.5 Å². The van der Waals surface area contributed by atoms with Crippen molar-refractivity contribution in [3.8, 4) is 5.75 Å². The van der Waals surface area contributed by atoms with Crippen molar-refractivity contribution in [1.82, 2.24) is 14.9 Å². The van der Waals surface area contributed by atoms with E-state index in [0.717, 1.165) is 43.0 Å². The van der Waals surface area contributed by atoms with Gasteiger partial charge in [0.05, 0.1) is 7.11 Å². The second kappa shape index (κ2) is 8.04. The first-order valence-corrected chi connectivity index (χ1v) is 10.0. The van der Waals surface area contributed by atoms with Gasteiger partial charge in [-0.2, -0.15) is 4.98 Å². The largest absolute Gasteiger partial charge is 0.496 e. The third kappa shape index (κ3) is 3.48. The molecule has 0 amide bonds. The quantitative estimate of drug-likeness (QED) is 0.793. The molecule has 28 heavy (non-hydrogen) atoms. The molecule has 1 aliphatic carbocycles. The van der Waals surface area contributed by atoms with Gasteiger partial charge in [0, 0.05) is 24.6 Å². The summed E-state index contributed by atoms with van der Waals surface area (Å²) in [5, 5.41) is 7.87. The minimum Gasteiger partial charge on any atom is -0.496 e. The van der Waals surface area contributed by atoms with Crippen molar-refractivity contribution in [3.05, 3.63) is 40.2 Å². The molecule has 0 saturated heterocycles. The van der Waals surface area contributed by atoms with Gasteiger partial charge in [-0.3, -0.25) is 9.36 Å². The van der Waals surface area contributed by atoms with Gasteiger partial charge in [0.2, 0.25) is 5.95 Å². The summed E-state index contributed by atoms with van der Waals surface area (Å²) in [6.45, 7) is 3.33. The first-order chi connectivity index (χ1) is 13.7. The number of aromatic nitrogens is 2. The van der Waals surface area contributed by atoms with Gasteiger partial charge in [-0.25, -0.2) is 10.3 Å². The number of hydrogen-bond acceptors (Lipinski definition) is 5. The van der Waals surface area contributed by atoms with Crippen LogP contribution in [0.2, 0.25) is 0 Å². The Morgan fingerprint density at radius 2 is 2.04 bits per heavy atom. The smallest absolute Gasteiger partial charge is 0.302 e. The van der Waals surface area contributed by atoms with E-state index in [9.17, 15) is 4.79 Å². The third-order valence-corrected chi connectivity index (χ3v) is 5.38. The summed E-state index contributed by atoms with van der Waals surface area (Å²) in [5.41, 5.74) is 1.07. The van der Waals surface area contributed by atoms with Crippen molar-refractivity contribution >= 4 is 23.3 Å². The number of rotatable bonds is 7. The van der Waals surface area contributed by atoms with Crippen LogP contribution in [-0.4, -0.2) is 22.5 Å². The van der Waals surface area contributed by atoms with E-state index in [1.807, 2.05) is 28.8 Å². The van der Waals surface area contributed by atoms with Gasteiger partial charge in [-0.15, -0.1) is 0 Å². The maximum Gasteiger partial charge on any atom is 0.302 e. The molecule has 147 valence electrons. The van der Waals surface area contributed by atoms with E-state index >= 15 is 0 Å². The molecule has 1 aliphatic heterocycles. The van der Waals surface area contributed by atoms with E-state index < -0.39 is 0 Å². The van der Waals surface area contributed by atoms with Crippen LogP contribution in [0.4, 0.5) is 17.5 Å². The number of hydrogen-bond donors (Lipinski definition) is 1. The summed E-state index contributed by atoms with van der Waals surface area (Å²) in [6, 6.07) is 7.81. The summed E-state index contributed by atoms with van der Waals surface area (Å²) < 4.78 is 7.40. The number of nitrogens with zero attached hydrogens (tertiary/aromatic N) is 4. The maximum atomic E-state index is 12.6. The maximum absolute atomic E-state index is 12.6. The lowest BCUT2D eigenvalue weighted by Crippen LogP contribution is -2.23. The fraction of sp³-hybridized carbons (Fsp3) is 0.476. The SMILES string of the molecule is CCCn1c(NCc2ccccc2OC)nc(=O)c2c1N=C(C1CCCC1)[N]2. The molecule has 0 unspecified atom stereocenters. The standard InChI is InChI=1S/C21H26N5O2/c1-3-12-26-19-17(23-18(24-19)14-8-4-5-9-14)20(27)25-21(26)22-13-15-10-6-7-11-16(15)28-2/h6-7,10-11,14H,3-5,8-9,12-13H2,1-2H3,(H,22,25,27). The Balaban J connectivity index is 1.65. The first kappa shape index (κ1) is 18.5. The molecule has 7 nitrogen and oxygen atoms in total. The van der Waals surface area contributed by atoms with Gasteiger partial charge in [0.15, 0.2) is 11.5 Å². The Labute approximate surface area is 164 Å². The highest BCUT2D eigenvalue weighted by Crippen LogP contribution is 2.35. The molecule has 1 saturated carbocycles. The molecular weight excluding hydrogens is 354 g/mol. The van der Waals surface area contributed by atoms with Gasteiger partial charge < -0.3 is 10.1 Å². The lowest BCUT2D eigenvalue weighted by atomic mass is 10.1. The van der Waals surface area contributed by atoms with E-state index in [-0.39, 0.29) is 5.56 Å². The highest BCUT2D eigenvalue weighted by atomic mass is 16.5. The minimum absolute atomic E-state index is 0.318. The van der Waals surface area contributed by atoms with E-state index in [4.69, 9.17) is 9.73 Å². The van der Waals surface area contributed by atoms with Crippen LogP contribution in [0.5, 0.6) is 5.75 Å². The molecule has 4 rings (SSSR count). The van der Waals surface area contributed by atoms with Crippen molar-refractivity contribution in [2.45, 2.75) is 52.1 Å². The summed E-state index contributed by atoms with van der Waals surface area (Å²) >= 11 is 0. The number of nitrogens with one attached hydrogen (secondary N) is 1. The van der Waals surface area contributed by atoms with Gasteiger partial charge in [0.25, 0.3) is 0 Å². The number of methoxy groups -OCH3 is 1. The van der Waals surface area contributed by atoms with Crippen LogP contribution in [0.1, 0.15) is 44.6 Å². The predicted octanol–water partition coefficient (Wildman–Crippen LogP) is 3.74. The zero-order chi connectivity index (χ0) is 19.5. The number of anilines is 1. The van der Waals surface area contributed by atoms with Crippen LogP contribution in [0, 0.1) is 5.92 Å². The third-order valence-electron chi connectivity index (χ3n) is 5.38. The zero-order valence-corrected chi connectivity index (χ0v) is 16.4. The molecule has 1 radical (unpaired) electrons. The molecule has 1 aromatic carbocycles. The van der Waals surface area contributed by atoms with Gasteiger partial charge in [-0.05, 0) is 25.3 Å². The van der Waals surface area contributed by atoms with Crippen LogP contribution in [0.3, 0.4) is 0 Å². The lowest BCUT2D eigenvalue weighted by molar-refractivity contribution is 0.410. The Morgan fingerprint density at radius 3 is 2.79 bits per heavy atom. The van der Waals surface area contributed by atoms with Crippen LogP contribution >= 0.6 is 0 Å². The Hall–Kier alpha value is -2.83. The number of benzene rings is 1. The monoisotopic (exact) mass is 380 g/mol. The fourth-order valence-electron chi connectivity index (χ4n) is 3.95. The molecule has 1 N–H and O–H groups in total. The highest BCUT2D eigenvalue weighted by molar-refractivity contribution is 5.96. The van der Waals surface area contributed by atoms with Crippen LogP contribution < -0.4 is 20.9 Å². The molecule has 7 heteroatoms. The van der Waals surface area contributed by atoms with E-state index in [0.29, 0.717) is 29.9 Å². The Kier molecular flexibility index (Phi) is 5.32. The molecule has 0 bridgehead atoms. The second-order valence-corrected chi connectivity index (χ2v) is 7.29. The molecule has 0 spiro atoms. The van der Waals surface area contributed by atoms with Crippen molar-refractivity contribution < 1.29 is 4.74 Å². The number of para-hydroxylation sites is 1. The predicted molar refractivity (Wildman–Crippen MR) is 110 cm³/mol. The Bertz CT molecular complexity index is 944. The number of aliphatic imine (C=N–C) groups is 1. The average Bonchev–Trinajstić information content (AvgIpc) is 3.39. The first-order valence-electron chi connectivity index (χ1n) is 10.0. The minimum atomic E-state index is -0.318. The summed E-state index contributed by atoms with van der Waals surface area (Å²) in [7, 11) is 1.65. The van der Waals surface area contributed by atoms with Gasteiger partial charge in [-0.1, -0.05) is 38.0 Å². The number of amidine groups is 1. The number of ether oxygens (including phenoxy) is 1. The summed E-state index contributed by atoms with van der Waals surface area (Å²) in [5.74, 6) is 3.15. The van der Waals surface area contributed by atoms with Gasteiger partial charge in [0.1, 0.15) is 11.6 Å². The molecular formula is C21H26N5O2. The van der Waals surface area contributed by atoms with E-state index in [1.165, 1.54) is 12.8 Å². The van der Waals surface area contributed by atoms with Crippen LogP contribution in [-0.2, 0) is 13.1 Å². The zero-order valence-electron chi connectivity index (χ0n) is 16.4. The van der Waals surface area contributed by atoms with Crippen molar-refractivity contribution in [3.63, 3.8) is 0 Å². The molecule has 1 aromatic heterocycles. The van der Waals surface area contributed by atoms with Gasteiger partial charge >= 0.3 is 5.56 Å². The van der Waals surface area contributed by atoms with Crippen molar-refractivity contribution in [1.29, 1.82) is 0 Å². The summed E-state index contributed by atoms with van der Waals surface area (Å²) in [6.07, 6.45) is 5.53. The molecule has 2 heterocycles. The fourth-order valence-corrected chi connectivity index (χ4v) is 3.95. The topological polar surface area (TPSA) is 82.6 Å². The highest BCUT2D eigenvalue weighted by Gasteiger charge is 2.31. The van der Waals surface area contributed by atoms with Crippen LogP contribution in [0.15, 0.2) is 34.1 Å². The lowest BCUT2D eigenvalue weighted by Gasteiger charge is -2.16. The normalized spacial score (nSPS) is 15.9. The molecule has 2 aromatic rings. The Morgan fingerprint density at radius 1 is 1.25 bits per heavy atom. The molecule has 2 aliphatic rings. The average molecular weight is 380 g/mol. The molecule has 1 fully saturated rings. The van der Waals surface area contributed by atoms with Crippen molar-refractivity contribution in [2.24, 2.45) is 10.9 Å². The molecule has 0 atom stereocenters. The summed E-state index contributed by atoms with van der Waals surface area (Å²) in [4.78, 5) is 21.7. The second-order valence-electron chi connectivity index (χ2n) is 7.29. The number of fused-ring (bicyclic) bond motifs is 1. The van der Waals surface area contributed by atoms with Crippen molar-refractivity contribution in [2.75, 3.05) is 12.4 Å².